The van der Waals surface area contributed by atoms with Gasteiger partial charge in [-0.25, -0.2) is 18.6 Å². The normalized spacial score (nSPS) is 12.1. The van der Waals surface area contributed by atoms with Crippen LogP contribution in [0.1, 0.15) is 25.2 Å². The molecule has 1 aromatic carbocycles. The molecule has 2 N–H and O–H groups in total. The lowest BCUT2D eigenvalue weighted by Crippen LogP contribution is -2.34. The summed E-state index contributed by atoms with van der Waals surface area (Å²) in [6, 6.07) is 2.34. The first-order valence-electron chi connectivity index (χ1n) is 7.84. The maximum absolute atomic E-state index is 14.3. The average Bonchev–Trinajstić information content (AvgIpc) is 2.62. The number of nitrogens with one attached hydrogen (secondary N) is 1. The van der Waals surface area contributed by atoms with Crippen LogP contribution in [0.15, 0.2) is 35.4 Å². The Morgan fingerprint density at radius 1 is 1.37 bits per heavy atom. The van der Waals surface area contributed by atoms with E-state index in [1.54, 1.807) is 6.92 Å². The van der Waals surface area contributed by atoms with Crippen LogP contribution >= 0.6 is 11.6 Å². The first-order valence-corrected chi connectivity index (χ1v) is 8.22. The van der Waals surface area contributed by atoms with Crippen molar-refractivity contribution >= 4 is 28.6 Å². The maximum Gasteiger partial charge on any atom is 0.405 e. The summed E-state index contributed by atoms with van der Waals surface area (Å²) in [5.74, 6) is -1.61. The fraction of sp³-hybridized carbons (Fsp3) is 0.176. The van der Waals surface area contributed by atoms with E-state index in [0.29, 0.717) is 0 Å². The Morgan fingerprint density at radius 2 is 2.11 bits per heavy atom. The zero-order valence-corrected chi connectivity index (χ0v) is 14.7. The minimum absolute atomic E-state index is 0.00960. The van der Waals surface area contributed by atoms with Crippen LogP contribution < -0.4 is 10.9 Å². The number of hydrogen-bond acceptors (Lipinski definition) is 4. The number of fused-ring (bicyclic) bond motifs is 1. The Hall–Kier alpha value is -3.07. The van der Waals surface area contributed by atoms with Crippen molar-refractivity contribution in [1.29, 1.82) is 0 Å². The minimum Gasteiger partial charge on any atom is -0.465 e. The van der Waals surface area contributed by atoms with Gasteiger partial charge in [0, 0.05) is 6.07 Å². The third-order valence-electron chi connectivity index (χ3n) is 3.92. The van der Waals surface area contributed by atoms with Gasteiger partial charge in [-0.05, 0) is 18.6 Å². The molecule has 0 aliphatic carbocycles. The lowest BCUT2D eigenvalue weighted by atomic mass is 10.1. The number of carbonyl (C=O) groups is 1. The van der Waals surface area contributed by atoms with Gasteiger partial charge in [-0.3, -0.25) is 14.3 Å². The summed E-state index contributed by atoms with van der Waals surface area (Å²) in [7, 11) is 0. The summed E-state index contributed by atoms with van der Waals surface area (Å²) in [5, 5.41) is 11.1. The third kappa shape index (κ3) is 3.45. The van der Waals surface area contributed by atoms with Gasteiger partial charge in [0.15, 0.2) is 0 Å². The fourth-order valence-corrected chi connectivity index (χ4v) is 2.97. The molecule has 0 bridgehead atoms. The summed E-state index contributed by atoms with van der Waals surface area (Å²) in [6.45, 7) is 1.65. The van der Waals surface area contributed by atoms with Crippen molar-refractivity contribution in [1.82, 2.24) is 19.9 Å². The topological polar surface area (TPSA) is 97.1 Å². The standard InChI is InChI=1S/C17H13ClF2N4O3/c1-2-12(22-17(26)27)15-23-14-11(20)4-3-10(18)13(14)16(25)24(15)9-5-8(19)6-21-7-9/h3-7,12,22H,2H2,1H3,(H,26,27). The van der Waals surface area contributed by atoms with Gasteiger partial charge in [0.05, 0.1) is 34.5 Å². The molecule has 1 amide bonds. The number of hydrogen-bond donors (Lipinski definition) is 2. The second kappa shape index (κ2) is 7.28. The van der Waals surface area contributed by atoms with Crippen LogP contribution in [-0.4, -0.2) is 25.7 Å². The van der Waals surface area contributed by atoms with E-state index in [-0.39, 0.29) is 33.9 Å². The van der Waals surface area contributed by atoms with E-state index < -0.39 is 29.3 Å². The maximum atomic E-state index is 14.3. The highest BCUT2D eigenvalue weighted by Gasteiger charge is 2.24. The molecule has 27 heavy (non-hydrogen) atoms. The van der Waals surface area contributed by atoms with Gasteiger partial charge in [-0.2, -0.15) is 0 Å². The lowest BCUT2D eigenvalue weighted by molar-refractivity contribution is 0.188. The van der Waals surface area contributed by atoms with E-state index >= 15 is 0 Å². The van der Waals surface area contributed by atoms with Gasteiger partial charge < -0.3 is 10.4 Å². The number of benzene rings is 1. The van der Waals surface area contributed by atoms with Crippen molar-refractivity contribution in [2.75, 3.05) is 0 Å². The molecule has 2 aromatic heterocycles. The summed E-state index contributed by atoms with van der Waals surface area (Å²) in [4.78, 5) is 32.1. The summed E-state index contributed by atoms with van der Waals surface area (Å²) in [5.41, 5.74) is -1.05. The zero-order chi connectivity index (χ0) is 19.7. The number of halogens is 3. The molecule has 0 aliphatic rings. The predicted molar refractivity (Wildman–Crippen MR) is 94.3 cm³/mol. The number of nitrogens with zero attached hydrogens (tertiary/aromatic N) is 3. The average molecular weight is 395 g/mol. The van der Waals surface area contributed by atoms with Gasteiger partial charge in [-0.15, -0.1) is 0 Å². The SMILES string of the molecule is CCC(NC(=O)O)c1nc2c(F)ccc(Cl)c2c(=O)n1-c1cncc(F)c1. The van der Waals surface area contributed by atoms with Crippen LogP contribution in [0.2, 0.25) is 5.02 Å². The highest BCUT2D eigenvalue weighted by atomic mass is 35.5. The smallest absolute Gasteiger partial charge is 0.405 e. The van der Waals surface area contributed by atoms with Crippen LogP contribution in [-0.2, 0) is 0 Å². The fourth-order valence-electron chi connectivity index (χ4n) is 2.74. The van der Waals surface area contributed by atoms with Gasteiger partial charge in [0.1, 0.15) is 23.0 Å². The molecule has 3 aromatic rings. The molecule has 0 spiro atoms. The molecule has 0 saturated heterocycles. The highest BCUT2D eigenvalue weighted by Crippen LogP contribution is 2.25. The number of rotatable bonds is 4. The first-order chi connectivity index (χ1) is 12.8. The monoisotopic (exact) mass is 394 g/mol. The van der Waals surface area contributed by atoms with Gasteiger partial charge in [0.25, 0.3) is 5.56 Å². The molecule has 0 radical (unpaired) electrons. The van der Waals surface area contributed by atoms with Crippen LogP contribution in [0.4, 0.5) is 13.6 Å². The van der Waals surface area contributed by atoms with Gasteiger partial charge in [0.2, 0.25) is 0 Å². The van der Waals surface area contributed by atoms with E-state index in [1.807, 2.05) is 0 Å². The Balaban J connectivity index is 2.44. The minimum atomic E-state index is -1.35. The van der Waals surface area contributed by atoms with E-state index in [2.05, 4.69) is 15.3 Å². The second-order valence-corrected chi connectivity index (χ2v) is 6.04. The van der Waals surface area contributed by atoms with E-state index in [4.69, 9.17) is 16.7 Å². The van der Waals surface area contributed by atoms with Crippen LogP contribution in [0.5, 0.6) is 0 Å². The van der Waals surface area contributed by atoms with Crippen molar-refractivity contribution in [3.8, 4) is 5.69 Å². The molecule has 1 unspecified atom stereocenters. The van der Waals surface area contributed by atoms with Crippen LogP contribution in [0.25, 0.3) is 16.6 Å². The lowest BCUT2D eigenvalue weighted by Gasteiger charge is -2.20. The molecule has 0 aliphatic heterocycles. The molecule has 7 nitrogen and oxygen atoms in total. The number of amides is 1. The van der Waals surface area contributed by atoms with Crippen LogP contribution in [0, 0.1) is 11.6 Å². The molecular formula is C17H13ClF2N4O3. The summed E-state index contributed by atoms with van der Waals surface area (Å²) >= 11 is 6.06. The van der Waals surface area contributed by atoms with E-state index in [0.717, 1.165) is 22.9 Å². The van der Waals surface area contributed by atoms with Crippen molar-refractivity contribution in [2.24, 2.45) is 0 Å². The quantitative estimate of drug-likeness (QED) is 0.706. The molecule has 0 fully saturated rings. The van der Waals surface area contributed by atoms with E-state index in [9.17, 15) is 18.4 Å². The molecule has 140 valence electrons. The van der Waals surface area contributed by atoms with Gasteiger partial charge in [-0.1, -0.05) is 18.5 Å². The predicted octanol–water partition coefficient (Wildman–Crippen LogP) is 3.43. The molecule has 0 saturated carbocycles. The Labute approximate surface area is 156 Å². The Morgan fingerprint density at radius 3 is 2.74 bits per heavy atom. The third-order valence-corrected chi connectivity index (χ3v) is 4.23. The molecule has 2 heterocycles. The van der Waals surface area contributed by atoms with E-state index in [1.165, 1.54) is 12.3 Å². The molecule has 3 rings (SSSR count). The number of pyridine rings is 1. The Bertz CT molecular complexity index is 1100. The van der Waals surface area contributed by atoms with Crippen molar-refractivity contribution in [2.45, 2.75) is 19.4 Å². The second-order valence-electron chi connectivity index (χ2n) is 5.64. The van der Waals surface area contributed by atoms with Crippen LogP contribution in [0.3, 0.4) is 0 Å². The zero-order valence-electron chi connectivity index (χ0n) is 13.9. The summed E-state index contributed by atoms with van der Waals surface area (Å²) < 4.78 is 28.9. The largest absolute Gasteiger partial charge is 0.465 e. The first kappa shape index (κ1) is 18.7. The Kier molecular flexibility index (Phi) is 5.04. The van der Waals surface area contributed by atoms with Gasteiger partial charge >= 0.3 is 6.09 Å². The molecule has 1 atom stereocenters. The van der Waals surface area contributed by atoms with Crippen molar-refractivity contribution in [3.05, 3.63) is 63.4 Å². The molecule has 10 heteroatoms. The molecular weight excluding hydrogens is 382 g/mol. The highest BCUT2D eigenvalue weighted by molar-refractivity contribution is 6.35. The number of carboxylic acid groups (broad SMARTS) is 1. The number of aromatic nitrogens is 3. The van der Waals surface area contributed by atoms with Crippen molar-refractivity contribution < 1.29 is 18.7 Å². The van der Waals surface area contributed by atoms with Crippen molar-refractivity contribution in [3.63, 3.8) is 0 Å². The summed E-state index contributed by atoms with van der Waals surface area (Å²) in [6.07, 6.45) is 1.01.